The molecular weight excluding hydrogens is 372 g/mol. The zero-order chi connectivity index (χ0) is 20.8. The van der Waals surface area contributed by atoms with E-state index in [0.29, 0.717) is 22.7 Å². The molecule has 0 bridgehead atoms. The fraction of sp³-hybridized carbons (Fsp3) is 0. The molecule has 0 aliphatic carbocycles. The normalized spacial score (nSPS) is 11.2. The highest BCUT2D eigenvalue weighted by Crippen LogP contribution is 2.41. The number of hydrogen-bond donors (Lipinski definition) is 4. The Morgan fingerprint density at radius 2 is 0.867 bits per heavy atom. The number of hydrogen-bond acceptors (Lipinski definition) is 6. The van der Waals surface area contributed by atoms with E-state index >= 15 is 0 Å². The maximum Gasteiger partial charge on any atom is 0.0972 e. The van der Waals surface area contributed by atoms with E-state index in [2.05, 4.69) is 9.97 Å². The molecule has 0 radical (unpaired) electrons. The van der Waals surface area contributed by atoms with Crippen LogP contribution in [0.25, 0.3) is 44.1 Å². The van der Waals surface area contributed by atoms with Crippen molar-refractivity contribution in [2.45, 2.75) is 0 Å². The van der Waals surface area contributed by atoms with Crippen molar-refractivity contribution in [2.75, 3.05) is 22.9 Å². The molecule has 6 heteroatoms. The van der Waals surface area contributed by atoms with E-state index in [1.807, 2.05) is 60.7 Å². The van der Waals surface area contributed by atoms with Crippen molar-refractivity contribution in [1.29, 1.82) is 0 Å². The molecule has 2 heterocycles. The lowest BCUT2D eigenvalue weighted by Crippen LogP contribution is -2.00. The standard InChI is InChI=1S/C24H20N6/c25-17-7-3-1-5-13(17)21-15-9-10-16-22(14-6-2-4-8-18(14)26)20(28)12-30-24(16)23(15)29-11-19(21)27/h1-12H,25-28H2. The monoisotopic (exact) mass is 392 g/mol. The van der Waals surface area contributed by atoms with Crippen LogP contribution in [-0.4, -0.2) is 9.97 Å². The van der Waals surface area contributed by atoms with Crippen molar-refractivity contribution < 1.29 is 0 Å². The van der Waals surface area contributed by atoms with Gasteiger partial charge in [0.1, 0.15) is 0 Å². The smallest absolute Gasteiger partial charge is 0.0972 e. The van der Waals surface area contributed by atoms with E-state index in [4.69, 9.17) is 22.9 Å². The van der Waals surface area contributed by atoms with Crippen molar-refractivity contribution in [3.8, 4) is 22.3 Å². The summed E-state index contributed by atoms with van der Waals surface area (Å²) in [5.41, 5.74) is 32.4. The van der Waals surface area contributed by atoms with Crippen LogP contribution in [0, 0.1) is 0 Å². The van der Waals surface area contributed by atoms with Gasteiger partial charge < -0.3 is 22.9 Å². The molecule has 0 spiro atoms. The van der Waals surface area contributed by atoms with Crippen LogP contribution >= 0.6 is 0 Å². The molecule has 5 aromatic rings. The Hall–Kier alpha value is -4.32. The summed E-state index contributed by atoms with van der Waals surface area (Å²) in [5, 5.41) is 1.76. The topological polar surface area (TPSA) is 130 Å². The third-order valence-corrected chi connectivity index (χ3v) is 5.39. The predicted molar refractivity (Wildman–Crippen MR) is 126 cm³/mol. The number of benzene rings is 3. The van der Waals surface area contributed by atoms with Gasteiger partial charge in [-0.2, -0.15) is 0 Å². The van der Waals surface area contributed by atoms with Gasteiger partial charge in [-0.1, -0.05) is 48.5 Å². The number of anilines is 4. The Labute approximate surface area is 173 Å². The summed E-state index contributed by atoms with van der Waals surface area (Å²) < 4.78 is 0. The van der Waals surface area contributed by atoms with Gasteiger partial charge >= 0.3 is 0 Å². The molecule has 5 rings (SSSR count). The summed E-state index contributed by atoms with van der Waals surface area (Å²) in [6.07, 6.45) is 3.30. The largest absolute Gasteiger partial charge is 0.398 e. The number of nitrogens with two attached hydrogens (primary N) is 4. The van der Waals surface area contributed by atoms with Crippen LogP contribution in [0.1, 0.15) is 0 Å². The molecule has 2 aromatic heterocycles. The molecule has 30 heavy (non-hydrogen) atoms. The third kappa shape index (κ3) is 2.58. The average molecular weight is 392 g/mol. The lowest BCUT2D eigenvalue weighted by atomic mass is 9.94. The minimum Gasteiger partial charge on any atom is -0.398 e. The average Bonchev–Trinajstić information content (AvgIpc) is 2.75. The fourth-order valence-corrected chi connectivity index (χ4v) is 4.00. The summed E-state index contributed by atoms with van der Waals surface area (Å²) >= 11 is 0. The maximum atomic E-state index is 6.32. The first-order valence-electron chi connectivity index (χ1n) is 9.51. The molecule has 146 valence electrons. The summed E-state index contributed by atoms with van der Waals surface area (Å²) in [4.78, 5) is 9.22. The third-order valence-electron chi connectivity index (χ3n) is 5.39. The van der Waals surface area contributed by atoms with Crippen LogP contribution in [0.5, 0.6) is 0 Å². The zero-order valence-electron chi connectivity index (χ0n) is 16.1. The Bertz CT molecular complexity index is 1330. The number of fused-ring (bicyclic) bond motifs is 3. The van der Waals surface area contributed by atoms with E-state index in [9.17, 15) is 0 Å². The van der Waals surface area contributed by atoms with Crippen LogP contribution in [0.15, 0.2) is 73.1 Å². The van der Waals surface area contributed by atoms with Crippen molar-refractivity contribution in [3.63, 3.8) is 0 Å². The van der Waals surface area contributed by atoms with Gasteiger partial charge in [-0.3, -0.25) is 9.97 Å². The summed E-state index contributed by atoms with van der Waals surface area (Å²) in [6, 6.07) is 19.3. The van der Waals surface area contributed by atoms with Crippen molar-refractivity contribution in [3.05, 3.63) is 73.1 Å². The number of pyridine rings is 2. The first-order chi connectivity index (χ1) is 14.6. The lowest BCUT2D eigenvalue weighted by molar-refractivity contribution is 1.37. The number of nitrogens with zero attached hydrogens (tertiary/aromatic N) is 2. The second-order valence-corrected chi connectivity index (χ2v) is 7.21. The molecule has 0 unspecified atom stereocenters. The van der Waals surface area contributed by atoms with Gasteiger partial charge in [0.25, 0.3) is 0 Å². The summed E-state index contributed by atoms with van der Waals surface area (Å²) in [6.45, 7) is 0. The molecule has 0 aliphatic heterocycles. The van der Waals surface area contributed by atoms with E-state index in [1.54, 1.807) is 12.4 Å². The Kier molecular flexibility index (Phi) is 3.93. The summed E-state index contributed by atoms with van der Waals surface area (Å²) in [7, 11) is 0. The van der Waals surface area contributed by atoms with Gasteiger partial charge in [0.2, 0.25) is 0 Å². The number of aromatic nitrogens is 2. The number of para-hydroxylation sites is 2. The molecule has 0 saturated heterocycles. The quantitative estimate of drug-likeness (QED) is 0.259. The molecule has 0 fully saturated rings. The Morgan fingerprint density at radius 3 is 1.27 bits per heavy atom. The first-order valence-corrected chi connectivity index (χ1v) is 9.51. The molecule has 3 aromatic carbocycles. The highest BCUT2D eigenvalue weighted by atomic mass is 14.8. The van der Waals surface area contributed by atoms with Gasteiger partial charge in [-0.15, -0.1) is 0 Å². The molecule has 6 nitrogen and oxygen atoms in total. The predicted octanol–water partition coefficient (Wildman–Crippen LogP) is 4.45. The van der Waals surface area contributed by atoms with Crippen LogP contribution in [0.3, 0.4) is 0 Å². The maximum absolute atomic E-state index is 6.32. The van der Waals surface area contributed by atoms with Crippen molar-refractivity contribution in [1.82, 2.24) is 9.97 Å². The molecule has 0 aliphatic rings. The van der Waals surface area contributed by atoms with Gasteiger partial charge in [-0.25, -0.2) is 0 Å². The minimum absolute atomic E-state index is 0.558. The Balaban J connectivity index is 1.89. The molecule has 0 saturated carbocycles. The van der Waals surface area contributed by atoms with Crippen LogP contribution in [0.2, 0.25) is 0 Å². The van der Waals surface area contributed by atoms with Gasteiger partial charge in [0.05, 0.1) is 34.8 Å². The van der Waals surface area contributed by atoms with Gasteiger partial charge in [0.15, 0.2) is 0 Å². The van der Waals surface area contributed by atoms with Crippen molar-refractivity contribution >= 4 is 44.6 Å². The second kappa shape index (κ2) is 6.63. The van der Waals surface area contributed by atoms with E-state index in [0.717, 1.165) is 44.1 Å². The van der Waals surface area contributed by atoms with E-state index in [-0.39, 0.29) is 0 Å². The molecule has 0 atom stereocenters. The van der Waals surface area contributed by atoms with Crippen LogP contribution in [-0.2, 0) is 0 Å². The second-order valence-electron chi connectivity index (χ2n) is 7.21. The lowest BCUT2D eigenvalue weighted by Gasteiger charge is -2.16. The fourth-order valence-electron chi connectivity index (χ4n) is 4.00. The SMILES string of the molecule is Nc1ccccc1-c1c(N)cnc2c1ccc1c(-c3ccccc3N)c(N)cnc12. The van der Waals surface area contributed by atoms with E-state index < -0.39 is 0 Å². The number of nitrogen functional groups attached to an aromatic ring is 4. The highest BCUT2D eigenvalue weighted by molar-refractivity contribution is 6.16. The zero-order valence-corrected chi connectivity index (χ0v) is 16.1. The summed E-state index contributed by atoms with van der Waals surface area (Å²) in [5.74, 6) is 0. The molecule has 0 amide bonds. The highest BCUT2D eigenvalue weighted by Gasteiger charge is 2.17. The Morgan fingerprint density at radius 1 is 0.467 bits per heavy atom. The molecular formula is C24H20N6. The van der Waals surface area contributed by atoms with Gasteiger partial charge in [0, 0.05) is 44.4 Å². The number of rotatable bonds is 2. The van der Waals surface area contributed by atoms with Crippen LogP contribution in [0.4, 0.5) is 22.7 Å². The first kappa shape index (κ1) is 17.8. The molecule has 8 N–H and O–H groups in total. The van der Waals surface area contributed by atoms with Crippen LogP contribution < -0.4 is 22.9 Å². The van der Waals surface area contributed by atoms with E-state index in [1.165, 1.54) is 0 Å². The minimum atomic E-state index is 0.558. The van der Waals surface area contributed by atoms with Gasteiger partial charge in [-0.05, 0) is 12.1 Å². The van der Waals surface area contributed by atoms with Crippen molar-refractivity contribution in [2.24, 2.45) is 0 Å².